The number of ether oxygens (including phenoxy) is 2. The molecule has 0 aliphatic carbocycles. The van der Waals surface area contributed by atoms with Crippen LogP contribution in [0.2, 0.25) is 0 Å². The fourth-order valence-corrected chi connectivity index (χ4v) is 1.28. The third kappa shape index (κ3) is 4.58. The zero-order chi connectivity index (χ0) is 13.1. The second kappa shape index (κ2) is 6.65. The quantitative estimate of drug-likeness (QED) is 0.867. The van der Waals surface area contributed by atoms with E-state index in [2.05, 4.69) is 4.74 Å². The fourth-order valence-electron chi connectivity index (χ4n) is 1.28. The largest absolute Gasteiger partial charge is 0.573 e. The van der Waals surface area contributed by atoms with Crippen LogP contribution in [-0.2, 0) is 0 Å². The molecule has 0 saturated heterocycles. The van der Waals surface area contributed by atoms with Gasteiger partial charge >= 0.3 is 6.36 Å². The first-order valence-electron chi connectivity index (χ1n) is 4.62. The summed E-state index contributed by atoms with van der Waals surface area (Å²) in [6.07, 6.45) is -4.80. The fraction of sp³-hybridized carbons (Fsp3) is 0.400. The Morgan fingerprint density at radius 2 is 1.94 bits per heavy atom. The van der Waals surface area contributed by atoms with Gasteiger partial charge in [0, 0.05) is 5.56 Å². The van der Waals surface area contributed by atoms with Gasteiger partial charge in [0.25, 0.3) is 0 Å². The Balaban J connectivity index is 0.00000289. The van der Waals surface area contributed by atoms with E-state index in [9.17, 15) is 17.6 Å². The standard InChI is InChI=1S/C10H11F4NO2.ClH/c1-16-9-3-2-6(17-10(12,13)14)4-7(9)8(15)5-11;/h2-4,8H,5,15H2,1H3;1H/t8-;/m1./s1. The second-order valence-corrected chi connectivity index (χ2v) is 3.21. The Labute approximate surface area is 107 Å². The number of alkyl halides is 4. The number of halogens is 5. The average Bonchev–Trinajstić information content (AvgIpc) is 2.25. The van der Waals surface area contributed by atoms with Crippen molar-refractivity contribution in [2.24, 2.45) is 5.73 Å². The first-order valence-corrected chi connectivity index (χ1v) is 4.62. The summed E-state index contributed by atoms with van der Waals surface area (Å²) in [4.78, 5) is 0. The maximum atomic E-state index is 12.4. The van der Waals surface area contributed by atoms with E-state index in [1.54, 1.807) is 0 Å². The molecule has 0 spiro atoms. The molecule has 0 aliphatic rings. The highest BCUT2D eigenvalue weighted by molar-refractivity contribution is 5.85. The summed E-state index contributed by atoms with van der Waals surface area (Å²) in [5.41, 5.74) is 5.53. The molecule has 8 heteroatoms. The molecular weight excluding hydrogens is 278 g/mol. The van der Waals surface area contributed by atoms with Gasteiger partial charge in [-0.05, 0) is 18.2 Å². The first kappa shape index (κ1) is 16.8. The Hall–Kier alpha value is -1.21. The molecule has 104 valence electrons. The average molecular weight is 290 g/mol. The van der Waals surface area contributed by atoms with E-state index >= 15 is 0 Å². The third-order valence-electron chi connectivity index (χ3n) is 2.00. The van der Waals surface area contributed by atoms with Crippen molar-refractivity contribution in [1.29, 1.82) is 0 Å². The minimum atomic E-state index is -4.80. The molecule has 1 rings (SSSR count). The van der Waals surface area contributed by atoms with Gasteiger partial charge in [0.1, 0.15) is 18.2 Å². The van der Waals surface area contributed by atoms with Crippen LogP contribution >= 0.6 is 12.4 Å². The van der Waals surface area contributed by atoms with Crippen molar-refractivity contribution in [3.05, 3.63) is 23.8 Å². The Morgan fingerprint density at radius 3 is 2.39 bits per heavy atom. The van der Waals surface area contributed by atoms with Gasteiger partial charge < -0.3 is 15.2 Å². The van der Waals surface area contributed by atoms with Crippen molar-refractivity contribution in [1.82, 2.24) is 0 Å². The van der Waals surface area contributed by atoms with Gasteiger partial charge in [0.15, 0.2) is 0 Å². The Morgan fingerprint density at radius 1 is 1.33 bits per heavy atom. The molecule has 1 aromatic rings. The minimum absolute atomic E-state index is 0. The lowest BCUT2D eigenvalue weighted by molar-refractivity contribution is -0.274. The van der Waals surface area contributed by atoms with Crippen molar-refractivity contribution in [3.8, 4) is 11.5 Å². The van der Waals surface area contributed by atoms with Crippen LogP contribution in [0.3, 0.4) is 0 Å². The van der Waals surface area contributed by atoms with Crippen molar-refractivity contribution in [2.45, 2.75) is 12.4 Å². The second-order valence-electron chi connectivity index (χ2n) is 3.21. The molecule has 1 atom stereocenters. The summed E-state index contributed by atoms with van der Waals surface area (Å²) in [7, 11) is 1.31. The molecule has 0 unspecified atom stereocenters. The summed E-state index contributed by atoms with van der Waals surface area (Å²) >= 11 is 0. The number of nitrogens with two attached hydrogens (primary N) is 1. The Kier molecular flexibility index (Phi) is 6.20. The van der Waals surface area contributed by atoms with Crippen LogP contribution < -0.4 is 15.2 Å². The van der Waals surface area contributed by atoms with E-state index in [1.165, 1.54) is 13.2 Å². The van der Waals surface area contributed by atoms with E-state index < -0.39 is 24.8 Å². The minimum Gasteiger partial charge on any atom is -0.496 e. The lowest BCUT2D eigenvalue weighted by atomic mass is 10.1. The van der Waals surface area contributed by atoms with Gasteiger partial charge in [-0.1, -0.05) is 0 Å². The molecule has 1 aromatic carbocycles. The topological polar surface area (TPSA) is 44.5 Å². The van der Waals surface area contributed by atoms with Crippen molar-refractivity contribution in [2.75, 3.05) is 13.8 Å². The maximum Gasteiger partial charge on any atom is 0.573 e. The van der Waals surface area contributed by atoms with Gasteiger partial charge in [-0.25, -0.2) is 4.39 Å². The lowest BCUT2D eigenvalue weighted by Gasteiger charge is -2.15. The summed E-state index contributed by atoms with van der Waals surface area (Å²) in [5, 5.41) is 0. The van der Waals surface area contributed by atoms with Crippen molar-refractivity contribution in [3.63, 3.8) is 0 Å². The summed E-state index contributed by atoms with van der Waals surface area (Å²) in [6, 6.07) is 2.27. The SMILES string of the molecule is COc1ccc(OC(F)(F)F)cc1[C@H](N)CF.Cl. The van der Waals surface area contributed by atoms with Crippen LogP contribution in [0.15, 0.2) is 18.2 Å². The van der Waals surface area contributed by atoms with Gasteiger partial charge in [0.2, 0.25) is 0 Å². The van der Waals surface area contributed by atoms with Crippen molar-refractivity contribution < 1.29 is 27.0 Å². The molecule has 18 heavy (non-hydrogen) atoms. The van der Waals surface area contributed by atoms with Gasteiger partial charge in [0.05, 0.1) is 13.2 Å². The van der Waals surface area contributed by atoms with Crippen LogP contribution in [0.4, 0.5) is 17.6 Å². The summed E-state index contributed by atoms with van der Waals surface area (Å²) in [5.74, 6) is -0.248. The zero-order valence-electron chi connectivity index (χ0n) is 9.33. The van der Waals surface area contributed by atoms with E-state index in [0.29, 0.717) is 0 Å². The predicted octanol–water partition coefficient (Wildman–Crippen LogP) is 2.98. The smallest absolute Gasteiger partial charge is 0.496 e. The molecule has 2 N–H and O–H groups in total. The van der Waals surface area contributed by atoms with Gasteiger partial charge in [-0.2, -0.15) is 0 Å². The highest BCUT2D eigenvalue weighted by atomic mass is 35.5. The monoisotopic (exact) mass is 289 g/mol. The molecule has 0 amide bonds. The molecule has 0 heterocycles. The van der Waals surface area contributed by atoms with Crippen LogP contribution in [0.5, 0.6) is 11.5 Å². The molecule has 0 saturated carbocycles. The summed E-state index contributed by atoms with van der Waals surface area (Å²) < 4.78 is 56.9. The molecule has 0 aliphatic heterocycles. The molecule has 3 nitrogen and oxygen atoms in total. The van der Waals surface area contributed by atoms with Crippen LogP contribution in [0.1, 0.15) is 11.6 Å². The molecule has 0 aromatic heterocycles. The van der Waals surface area contributed by atoms with Gasteiger partial charge in [-0.3, -0.25) is 0 Å². The Bertz CT molecular complexity index is 387. The van der Waals surface area contributed by atoms with E-state index in [1.807, 2.05) is 0 Å². The highest BCUT2D eigenvalue weighted by Gasteiger charge is 2.31. The number of rotatable bonds is 4. The predicted molar refractivity (Wildman–Crippen MR) is 59.8 cm³/mol. The maximum absolute atomic E-state index is 12.4. The molecule has 0 bridgehead atoms. The summed E-state index contributed by atoms with van der Waals surface area (Å²) in [6.45, 7) is -0.911. The number of benzene rings is 1. The highest BCUT2D eigenvalue weighted by Crippen LogP contribution is 2.31. The number of hydrogen-bond acceptors (Lipinski definition) is 3. The van der Waals surface area contributed by atoms with E-state index in [-0.39, 0.29) is 23.7 Å². The van der Waals surface area contributed by atoms with Gasteiger partial charge in [-0.15, -0.1) is 25.6 Å². The van der Waals surface area contributed by atoms with Crippen LogP contribution in [0, 0.1) is 0 Å². The molecular formula is C10H12ClF4NO2. The first-order chi connectivity index (χ1) is 7.87. The third-order valence-corrected chi connectivity index (χ3v) is 2.00. The van der Waals surface area contributed by atoms with Crippen LogP contribution in [-0.4, -0.2) is 20.1 Å². The number of hydrogen-bond donors (Lipinski definition) is 1. The normalized spacial score (nSPS) is 12.6. The van der Waals surface area contributed by atoms with E-state index in [0.717, 1.165) is 12.1 Å². The molecule has 0 radical (unpaired) electrons. The van der Waals surface area contributed by atoms with E-state index in [4.69, 9.17) is 10.5 Å². The number of methoxy groups -OCH3 is 1. The zero-order valence-corrected chi connectivity index (χ0v) is 10.1. The van der Waals surface area contributed by atoms with Crippen LogP contribution in [0.25, 0.3) is 0 Å². The molecule has 0 fully saturated rings. The lowest BCUT2D eigenvalue weighted by Crippen LogP contribution is -2.18. The van der Waals surface area contributed by atoms with Crippen molar-refractivity contribution >= 4 is 12.4 Å².